The van der Waals surface area contributed by atoms with E-state index in [1.807, 2.05) is 0 Å². The molecule has 6 nitrogen and oxygen atoms in total. The zero-order valence-corrected chi connectivity index (χ0v) is 12.8. The van der Waals surface area contributed by atoms with Crippen molar-refractivity contribution < 1.29 is 4.79 Å². The average molecular weight is 305 g/mol. The second-order valence-electron chi connectivity index (χ2n) is 5.23. The molecule has 1 fully saturated rings. The number of hydrogen-bond acceptors (Lipinski definition) is 5. The number of hydrogen-bond donors (Lipinski definition) is 2. The lowest BCUT2D eigenvalue weighted by atomic mass is 10.1. The van der Waals surface area contributed by atoms with Crippen LogP contribution in [0.4, 0.5) is 10.6 Å². The summed E-state index contributed by atoms with van der Waals surface area (Å²) in [6.07, 6.45) is 2.61. The van der Waals surface area contributed by atoms with E-state index in [1.54, 1.807) is 11.3 Å². The largest absolute Gasteiger partial charge is 0.356 e. The van der Waals surface area contributed by atoms with Crippen molar-refractivity contribution in [1.82, 2.24) is 15.3 Å². The normalized spacial score (nSPS) is 16.3. The van der Waals surface area contributed by atoms with Crippen LogP contribution in [0.5, 0.6) is 0 Å². The van der Waals surface area contributed by atoms with E-state index in [9.17, 15) is 4.79 Å². The van der Waals surface area contributed by atoms with E-state index in [1.165, 1.54) is 0 Å². The summed E-state index contributed by atoms with van der Waals surface area (Å²) in [6.45, 7) is 3.81. The van der Waals surface area contributed by atoms with Crippen LogP contribution in [0.15, 0.2) is 11.4 Å². The molecule has 7 heteroatoms. The molecule has 1 saturated heterocycles. The molecule has 2 aromatic heterocycles. The van der Waals surface area contributed by atoms with E-state index >= 15 is 0 Å². The van der Waals surface area contributed by atoms with Gasteiger partial charge in [0.2, 0.25) is 0 Å². The number of nitrogens with zero attached hydrogens (tertiary/aromatic N) is 3. The maximum absolute atomic E-state index is 10.9. The Morgan fingerprint density at radius 1 is 1.48 bits per heavy atom. The highest BCUT2D eigenvalue weighted by molar-refractivity contribution is 7.16. The third kappa shape index (κ3) is 2.92. The molecule has 0 saturated carbocycles. The lowest BCUT2D eigenvalue weighted by Gasteiger charge is -2.33. The molecule has 2 amide bonds. The van der Waals surface area contributed by atoms with Crippen molar-refractivity contribution in [2.75, 3.05) is 18.0 Å². The van der Waals surface area contributed by atoms with E-state index in [0.717, 1.165) is 54.2 Å². The van der Waals surface area contributed by atoms with Gasteiger partial charge < -0.3 is 16.0 Å². The van der Waals surface area contributed by atoms with Gasteiger partial charge >= 0.3 is 6.03 Å². The molecule has 0 radical (unpaired) electrons. The number of rotatable bonds is 3. The van der Waals surface area contributed by atoms with Gasteiger partial charge in [-0.25, -0.2) is 14.8 Å². The summed E-state index contributed by atoms with van der Waals surface area (Å²) in [6, 6.07) is 1.82. The van der Waals surface area contributed by atoms with Crippen molar-refractivity contribution >= 4 is 33.4 Å². The molecule has 0 aromatic carbocycles. The number of urea groups is 1. The number of thiophene rings is 1. The first-order chi connectivity index (χ1) is 10.2. The number of fused-ring (bicyclic) bond motifs is 1. The summed E-state index contributed by atoms with van der Waals surface area (Å²) in [4.78, 5) is 23.5. The molecular weight excluding hydrogens is 286 g/mol. The first-order valence-corrected chi connectivity index (χ1v) is 8.10. The van der Waals surface area contributed by atoms with E-state index < -0.39 is 6.03 Å². The number of piperidine rings is 1. The van der Waals surface area contributed by atoms with Gasteiger partial charge in [-0.15, -0.1) is 11.3 Å². The molecule has 0 aliphatic carbocycles. The first kappa shape index (κ1) is 14.1. The number of nitrogens with two attached hydrogens (primary N) is 1. The fraction of sp³-hybridized carbons (Fsp3) is 0.500. The zero-order chi connectivity index (χ0) is 14.8. The molecule has 2 aromatic rings. The van der Waals surface area contributed by atoms with Crippen LogP contribution < -0.4 is 16.0 Å². The topological polar surface area (TPSA) is 84.1 Å². The highest BCUT2D eigenvalue weighted by atomic mass is 32.1. The van der Waals surface area contributed by atoms with Crippen molar-refractivity contribution in [1.29, 1.82) is 0 Å². The van der Waals surface area contributed by atoms with E-state index in [4.69, 9.17) is 10.7 Å². The number of carbonyl (C=O) groups is 1. The van der Waals surface area contributed by atoms with Gasteiger partial charge in [0.1, 0.15) is 16.5 Å². The monoisotopic (exact) mass is 305 g/mol. The molecule has 3 N–H and O–H groups in total. The maximum Gasteiger partial charge on any atom is 0.312 e. The molecule has 0 spiro atoms. The van der Waals surface area contributed by atoms with Crippen LogP contribution in [0.25, 0.3) is 10.2 Å². The fourth-order valence-corrected chi connectivity index (χ4v) is 3.50. The summed E-state index contributed by atoms with van der Waals surface area (Å²) < 4.78 is 0. The predicted octanol–water partition coefficient (Wildman–Crippen LogP) is 1.89. The molecule has 21 heavy (non-hydrogen) atoms. The summed E-state index contributed by atoms with van der Waals surface area (Å²) >= 11 is 1.65. The Labute approximate surface area is 127 Å². The Hall–Kier alpha value is -1.89. The molecule has 1 aliphatic heterocycles. The molecule has 112 valence electrons. The molecular formula is C14H19N5OS. The fourth-order valence-electron chi connectivity index (χ4n) is 2.72. The Balaban J connectivity index is 1.81. The van der Waals surface area contributed by atoms with E-state index in [-0.39, 0.29) is 6.04 Å². The third-order valence-corrected chi connectivity index (χ3v) is 4.61. The lowest BCUT2D eigenvalue weighted by Crippen LogP contribution is -2.46. The smallest absolute Gasteiger partial charge is 0.312 e. The van der Waals surface area contributed by atoms with Crippen LogP contribution in [0, 0.1) is 0 Å². The zero-order valence-electron chi connectivity index (χ0n) is 12.0. The molecule has 1 aliphatic rings. The molecule has 0 atom stereocenters. The summed E-state index contributed by atoms with van der Waals surface area (Å²) in [5.74, 6) is 1.91. The SMILES string of the molecule is CCc1nc(N2CCC(NC(N)=O)CC2)c2ccsc2n1. The quantitative estimate of drug-likeness (QED) is 0.907. The third-order valence-electron chi connectivity index (χ3n) is 3.81. The molecule has 3 heterocycles. The number of anilines is 1. The first-order valence-electron chi connectivity index (χ1n) is 7.22. The summed E-state index contributed by atoms with van der Waals surface area (Å²) in [5.41, 5.74) is 5.18. The molecule has 0 unspecified atom stereocenters. The van der Waals surface area contributed by atoms with Crippen molar-refractivity contribution in [2.45, 2.75) is 32.2 Å². The maximum atomic E-state index is 10.9. The van der Waals surface area contributed by atoms with Crippen molar-refractivity contribution in [3.05, 3.63) is 17.3 Å². The van der Waals surface area contributed by atoms with E-state index in [2.05, 4.69) is 33.6 Å². The Kier molecular flexibility index (Phi) is 3.92. The summed E-state index contributed by atoms with van der Waals surface area (Å²) in [7, 11) is 0. The number of aromatic nitrogens is 2. The predicted molar refractivity (Wildman–Crippen MR) is 84.7 cm³/mol. The molecule has 0 bridgehead atoms. The van der Waals surface area contributed by atoms with E-state index in [0.29, 0.717) is 0 Å². The van der Waals surface area contributed by atoms with Crippen molar-refractivity contribution in [3.63, 3.8) is 0 Å². The lowest BCUT2D eigenvalue weighted by molar-refractivity contribution is 0.242. The minimum atomic E-state index is -0.441. The molecule has 3 rings (SSSR count). The van der Waals surface area contributed by atoms with Crippen molar-refractivity contribution in [2.24, 2.45) is 5.73 Å². The highest BCUT2D eigenvalue weighted by Crippen LogP contribution is 2.29. The minimum Gasteiger partial charge on any atom is -0.356 e. The number of amides is 2. The van der Waals surface area contributed by atoms with Gasteiger partial charge in [-0.1, -0.05) is 6.92 Å². The van der Waals surface area contributed by atoms with Crippen LogP contribution in [0.2, 0.25) is 0 Å². The standard InChI is InChI=1S/C14H19N5OS/c1-2-11-17-12(10-5-8-21-13(10)18-11)19-6-3-9(4-7-19)16-14(15)20/h5,8-9H,2-4,6-7H2,1H3,(H3,15,16,20). The Morgan fingerprint density at radius 2 is 2.24 bits per heavy atom. The van der Waals surface area contributed by atoms with Gasteiger partial charge in [0.15, 0.2) is 0 Å². The Bertz CT molecular complexity index is 648. The summed E-state index contributed by atoms with van der Waals surface area (Å²) in [5, 5.41) is 5.97. The van der Waals surface area contributed by atoms with Crippen molar-refractivity contribution in [3.8, 4) is 0 Å². The number of aryl methyl sites for hydroxylation is 1. The second kappa shape index (κ2) is 5.85. The van der Waals surface area contributed by atoms with Crippen LogP contribution in [0.3, 0.4) is 0 Å². The van der Waals surface area contributed by atoms with Crippen LogP contribution in [-0.4, -0.2) is 35.1 Å². The second-order valence-corrected chi connectivity index (χ2v) is 6.12. The van der Waals surface area contributed by atoms with Crippen LogP contribution in [-0.2, 0) is 6.42 Å². The van der Waals surface area contributed by atoms with Gasteiger partial charge in [0.25, 0.3) is 0 Å². The average Bonchev–Trinajstić information content (AvgIpc) is 2.94. The van der Waals surface area contributed by atoms with Gasteiger partial charge in [-0.05, 0) is 24.3 Å². The number of nitrogens with one attached hydrogen (secondary N) is 1. The van der Waals surface area contributed by atoms with Crippen LogP contribution in [0.1, 0.15) is 25.6 Å². The minimum absolute atomic E-state index is 0.171. The highest BCUT2D eigenvalue weighted by Gasteiger charge is 2.23. The number of primary amides is 1. The van der Waals surface area contributed by atoms with Gasteiger partial charge in [0, 0.05) is 25.6 Å². The Morgan fingerprint density at radius 3 is 2.90 bits per heavy atom. The van der Waals surface area contributed by atoms with Gasteiger partial charge in [0.05, 0.1) is 5.39 Å². The van der Waals surface area contributed by atoms with Crippen LogP contribution >= 0.6 is 11.3 Å². The van der Waals surface area contributed by atoms with Gasteiger partial charge in [-0.2, -0.15) is 0 Å². The number of carbonyl (C=O) groups excluding carboxylic acids is 1. The van der Waals surface area contributed by atoms with Gasteiger partial charge in [-0.3, -0.25) is 0 Å².